The van der Waals surface area contributed by atoms with Gasteiger partial charge in [0.15, 0.2) is 0 Å². The summed E-state index contributed by atoms with van der Waals surface area (Å²) in [5, 5.41) is 3.58. The summed E-state index contributed by atoms with van der Waals surface area (Å²) in [5.41, 5.74) is 0. The molecule has 2 aliphatic rings. The van der Waals surface area contributed by atoms with Crippen LogP contribution in [-0.4, -0.2) is 29.6 Å². The highest BCUT2D eigenvalue weighted by atomic mass is 16.2. The number of hydrogen-bond acceptors (Lipinski definition) is 2. The highest BCUT2D eigenvalue weighted by molar-refractivity contribution is 5.84. The van der Waals surface area contributed by atoms with Crippen LogP contribution in [0.25, 0.3) is 0 Å². The van der Waals surface area contributed by atoms with Crippen LogP contribution >= 0.6 is 0 Å². The molecule has 3 atom stereocenters. The van der Waals surface area contributed by atoms with Crippen molar-refractivity contribution in [1.82, 2.24) is 10.2 Å². The Balaban J connectivity index is 2.03. The lowest BCUT2D eigenvalue weighted by atomic mass is 9.99. The van der Waals surface area contributed by atoms with Crippen molar-refractivity contribution in [3.05, 3.63) is 0 Å². The van der Waals surface area contributed by atoms with E-state index >= 15 is 0 Å². The van der Waals surface area contributed by atoms with Crippen LogP contribution < -0.4 is 5.32 Å². The lowest BCUT2D eigenvalue weighted by molar-refractivity contribution is -0.131. The molecule has 1 aliphatic carbocycles. The van der Waals surface area contributed by atoms with Crippen molar-refractivity contribution < 1.29 is 4.79 Å². The van der Waals surface area contributed by atoms with E-state index in [4.69, 9.17) is 0 Å². The number of rotatable bonds is 6. The first-order valence-corrected chi connectivity index (χ1v) is 7.59. The Hall–Kier alpha value is -0.570. The van der Waals surface area contributed by atoms with Crippen molar-refractivity contribution >= 4 is 5.91 Å². The molecular formula is C15H28N2O. The number of nitrogens with one attached hydrogen (secondary N) is 1. The van der Waals surface area contributed by atoms with E-state index < -0.39 is 0 Å². The molecule has 3 nitrogen and oxygen atoms in total. The second-order valence-electron chi connectivity index (χ2n) is 6.61. The van der Waals surface area contributed by atoms with Crippen molar-refractivity contribution in [2.45, 2.75) is 65.6 Å². The molecule has 1 heterocycles. The average molecular weight is 252 g/mol. The zero-order chi connectivity index (χ0) is 13.3. The van der Waals surface area contributed by atoms with E-state index in [1.165, 1.54) is 12.8 Å². The molecule has 1 saturated heterocycles. The molecule has 0 aromatic heterocycles. The molecule has 0 aromatic rings. The molecule has 0 aromatic carbocycles. The van der Waals surface area contributed by atoms with Crippen LogP contribution in [0, 0.1) is 17.8 Å². The van der Waals surface area contributed by atoms with Gasteiger partial charge in [-0.1, -0.05) is 34.1 Å². The fourth-order valence-electron chi connectivity index (χ4n) is 2.78. The molecule has 1 amide bonds. The van der Waals surface area contributed by atoms with Gasteiger partial charge in [-0.3, -0.25) is 10.1 Å². The van der Waals surface area contributed by atoms with Gasteiger partial charge in [0.05, 0.1) is 12.2 Å². The molecule has 18 heavy (non-hydrogen) atoms. The maximum atomic E-state index is 12.5. The van der Waals surface area contributed by atoms with Crippen LogP contribution in [0.15, 0.2) is 0 Å². The standard InChI is InChI=1S/C15H28N2O/c1-5-11(4)14-15(18)17(9-12-6-7-12)13(16-14)8-10(2)3/h10-14,16H,5-9H2,1-4H3. The summed E-state index contributed by atoms with van der Waals surface area (Å²) in [5.74, 6) is 2.20. The van der Waals surface area contributed by atoms with E-state index in [1.54, 1.807) is 0 Å². The molecule has 2 rings (SSSR count). The van der Waals surface area contributed by atoms with E-state index in [0.29, 0.717) is 17.7 Å². The minimum Gasteiger partial charge on any atom is -0.326 e. The monoisotopic (exact) mass is 252 g/mol. The molecule has 2 fully saturated rings. The molecule has 0 radical (unpaired) electrons. The van der Waals surface area contributed by atoms with Crippen molar-refractivity contribution in [2.24, 2.45) is 17.8 Å². The lowest BCUT2D eigenvalue weighted by Gasteiger charge is -2.25. The minimum absolute atomic E-state index is 0.0532. The van der Waals surface area contributed by atoms with Crippen LogP contribution in [0.3, 0.4) is 0 Å². The average Bonchev–Trinajstić information content (AvgIpc) is 3.08. The number of carbonyl (C=O) groups is 1. The van der Waals surface area contributed by atoms with Gasteiger partial charge in [-0.25, -0.2) is 0 Å². The summed E-state index contributed by atoms with van der Waals surface area (Å²) in [4.78, 5) is 14.7. The normalized spacial score (nSPS) is 30.3. The first kappa shape index (κ1) is 13.9. The summed E-state index contributed by atoms with van der Waals surface area (Å²) in [6.07, 6.45) is 5.04. The van der Waals surface area contributed by atoms with Crippen molar-refractivity contribution in [3.63, 3.8) is 0 Å². The van der Waals surface area contributed by atoms with Crippen molar-refractivity contribution in [1.29, 1.82) is 0 Å². The van der Waals surface area contributed by atoms with Crippen molar-refractivity contribution in [3.8, 4) is 0 Å². The Kier molecular flexibility index (Phi) is 4.31. The molecule has 0 spiro atoms. The molecule has 104 valence electrons. The third kappa shape index (κ3) is 3.05. The summed E-state index contributed by atoms with van der Waals surface area (Å²) in [6, 6.07) is 0.0532. The van der Waals surface area contributed by atoms with Gasteiger partial charge in [0.1, 0.15) is 0 Å². The number of hydrogen-bond donors (Lipinski definition) is 1. The third-order valence-electron chi connectivity index (χ3n) is 4.36. The topological polar surface area (TPSA) is 32.3 Å². The Morgan fingerprint density at radius 1 is 1.33 bits per heavy atom. The number of carbonyl (C=O) groups excluding carboxylic acids is 1. The largest absolute Gasteiger partial charge is 0.326 e. The van der Waals surface area contributed by atoms with E-state index in [2.05, 4.69) is 37.9 Å². The predicted molar refractivity (Wildman–Crippen MR) is 74.1 cm³/mol. The van der Waals surface area contributed by atoms with Gasteiger partial charge >= 0.3 is 0 Å². The zero-order valence-electron chi connectivity index (χ0n) is 12.3. The number of nitrogens with zero attached hydrogens (tertiary/aromatic N) is 1. The summed E-state index contributed by atoms with van der Waals surface area (Å²) in [6.45, 7) is 9.80. The van der Waals surface area contributed by atoms with Crippen LogP contribution in [0.5, 0.6) is 0 Å². The minimum atomic E-state index is 0.0532. The Morgan fingerprint density at radius 3 is 2.50 bits per heavy atom. The summed E-state index contributed by atoms with van der Waals surface area (Å²) in [7, 11) is 0. The molecular weight excluding hydrogens is 224 g/mol. The fourth-order valence-corrected chi connectivity index (χ4v) is 2.78. The molecule has 3 heteroatoms. The van der Waals surface area contributed by atoms with Gasteiger partial charge in [0.2, 0.25) is 5.91 Å². The van der Waals surface area contributed by atoms with Crippen LogP contribution in [0.1, 0.15) is 53.4 Å². The molecule has 0 bridgehead atoms. The Labute approximate surface area is 111 Å². The van der Waals surface area contributed by atoms with E-state index in [-0.39, 0.29) is 12.2 Å². The van der Waals surface area contributed by atoms with Gasteiger partial charge in [-0.05, 0) is 37.0 Å². The highest BCUT2D eigenvalue weighted by Gasteiger charge is 2.42. The van der Waals surface area contributed by atoms with E-state index in [1.807, 2.05) is 0 Å². The predicted octanol–water partition coefficient (Wildman–Crippen LogP) is 2.62. The number of amides is 1. The SMILES string of the molecule is CCC(C)C1NC(CC(C)C)N(CC2CC2)C1=O. The lowest BCUT2D eigenvalue weighted by Crippen LogP contribution is -2.39. The smallest absolute Gasteiger partial charge is 0.241 e. The Bertz CT molecular complexity index is 299. The maximum absolute atomic E-state index is 12.5. The maximum Gasteiger partial charge on any atom is 0.241 e. The highest BCUT2D eigenvalue weighted by Crippen LogP contribution is 2.33. The quantitative estimate of drug-likeness (QED) is 0.788. The second-order valence-corrected chi connectivity index (χ2v) is 6.61. The van der Waals surface area contributed by atoms with Crippen molar-refractivity contribution in [2.75, 3.05) is 6.54 Å². The van der Waals surface area contributed by atoms with Gasteiger partial charge in [0, 0.05) is 6.54 Å². The first-order valence-electron chi connectivity index (χ1n) is 7.59. The third-order valence-corrected chi connectivity index (χ3v) is 4.36. The summed E-state index contributed by atoms with van der Waals surface area (Å²) < 4.78 is 0. The fraction of sp³-hybridized carbons (Fsp3) is 0.933. The first-order chi connectivity index (χ1) is 8.52. The molecule has 3 unspecified atom stereocenters. The second kappa shape index (κ2) is 5.60. The van der Waals surface area contributed by atoms with E-state index in [9.17, 15) is 4.79 Å². The Morgan fingerprint density at radius 2 is 2.00 bits per heavy atom. The van der Waals surface area contributed by atoms with Gasteiger partial charge in [-0.15, -0.1) is 0 Å². The van der Waals surface area contributed by atoms with Crippen LogP contribution in [-0.2, 0) is 4.79 Å². The van der Waals surface area contributed by atoms with Crippen LogP contribution in [0.2, 0.25) is 0 Å². The molecule has 1 saturated carbocycles. The van der Waals surface area contributed by atoms with Gasteiger partial charge in [0.25, 0.3) is 0 Å². The molecule has 1 N–H and O–H groups in total. The summed E-state index contributed by atoms with van der Waals surface area (Å²) >= 11 is 0. The zero-order valence-corrected chi connectivity index (χ0v) is 12.3. The van der Waals surface area contributed by atoms with Crippen LogP contribution in [0.4, 0.5) is 0 Å². The van der Waals surface area contributed by atoms with E-state index in [0.717, 1.165) is 25.3 Å². The van der Waals surface area contributed by atoms with Gasteiger partial charge in [-0.2, -0.15) is 0 Å². The molecule has 1 aliphatic heterocycles. The van der Waals surface area contributed by atoms with Gasteiger partial charge < -0.3 is 4.90 Å².